The Bertz CT molecular complexity index is 52.9. The fourth-order valence-corrected chi connectivity index (χ4v) is 0.787. The van der Waals surface area contributed by atoms with Gasteiger partial charge in [0.05, 0.1) is 0 Å². The van der Waals surface area contributed by atoms with Crippen LogP contribution in [0.25, 0.3) is 0 Å². The molecule has 0 heterocycles. The van der Waals surface area contributed by atoms with Gasteiger partial charge in [-0.05, 0) is 26.3 Å². The predicted octanol–water partition coefficient (Wildman–Crippen LogP) is 0.853. The zero-order valence-corrected chi connectivity index (χ0v) is 6.27. The quantitative estimate of drug-likeness (QED) is 0.542. The lowest BCUT2D eigenvalue weighted by molar-refractivity contribution is 0.583. The van der Waals surface area contributed by atoms with Crippen molar-refractivity contribution in [2.45, 2.75) is 38.6 Å². The van der Waals surface area contributed by atoms with Crippen LogP contribution in [0.5, 0.6) is 0 Å². The highest BCUT2D eigenvalue weighted by molar-refractivity contribution is 4.52. The van der Waals surface area contributed by atoms with Crippen molar-refractivity contribution in [2.24, 2.45) is 11.5 Å². The van der Waals surface area contributed by atoms with Gasteiger partial charge in [-0.2, -0.15) is 0 Å². The van der Waals surface area contributed by atoms with Gasteiger partial charge >= 0.3 is 0 Å². The third kappa shape index (κ3) is 7.92. The fraction of sp³-hybridized carbons (Fsp3) is 1.00. The Morgan fingerprint density at radius 2 is 1.89 bits per heavy atom. The van der Waals surface area contributed by atoms with Gasteiger partial charge < -0.3 is 11.5 Å². The summed E-state index contributed by atoms with van der Waals surface area (Å²) >= 11 is 0. The molecule has 0 saturated carbocycles. The number of hydrogen-bond acceptors (Lipinski definition) is 2. The van der Waals surface area contributed by atoms with Crippen molar-refractivity contribution in [1.82, 2.24) is 0 Å². The average Bonchev–Trinajstić information content (AvgIpc) is 1.80. The molecule has 1 atom stereocenters. The molecular formula is C7H18N2. The van der Waals surface area contributed by atoms with Gasteiger partial charge in [-0.25, -0.2) is 0 Å². The summed E-state index contributed by atoms with van der Waals surface area (Å²) in [5, 5.41) is 0. The van der Waals surface area contributed by atoms with Crippen LogP contribution in [0.2, 0.25) is 0 Å². The molecule has 0 bridgehead atoms. The van der Waals surface area contributed by atoms with Crippen molar-refractivity contribution in [3.05, 3.63) is 0 Å². The van der Waals surface area contributed by atoms with E-state index in [0.29, 0.717) is 6.04 Å². The van der Waals surface area contributed by atoms with Gasteiger partial charge in [-0.15, -0.1) is 0 Å². The van der Waals surface area contributed by atoms with Crippen LogP contribution in [-0.2, 0) is 0 Å². The van der Waals surface area contributed by atoms with Crippen molar-refractivity contribution in [1.29, 1.82) is 0 Å². The Hall–Kier alpha value is -0.0800. The van der Waals surface area contributed by atoms with E-state index in [1.807, 2.05) is 6.92 Å². The molecule has 0 aromatic heterocycles. The van der Waals surface area contributed by atoms with Crippen LogP contribution in [0.3, 0.4) is 0 Å². The molecule has 4 N–H and O–H groups in total. The van der Waals surface area contributed by atoms with Crippen LogP contribution >= 0.6 is 0 Å². The van der Waals surface area contributed by atoms with E-state index in [0.717, 1.165) is 19.4 Å². The van der Waals surface area contributed by atoms with Gasteiger partial charge in [0.1, 0.15) is 0 Å². The minimum atomic E-state index is 0.364. The summed E-state index contributed by atoms with van der Waals surface area (Å²) in [6.45, 7) is 2.86. The molecule has 0 fully saturated rings. The summed E-state index contributed by atoms with van der Waals surface area (Å²) in [6, 6.07) is 0.364. The smallest absolute Gasteiger partial charge is 0.00104 e. The number of nitrogens with two attached hydrogens (primary N) is 2. The van der Waals surface area contributed by atoms with Gasteiger partial charge in [0.2, 0.25) is 0 Å². The van der Waals surface area contributed by atoms with E-state index in [-0.39, 0.29) is 0 Å². The van der Waals surface area contributed by atoms with E-state index in [9.17, 15) is 0 Å². The van der Waals surface area contributed by atoms with Crippen molar-refractivity contribution >= 4 is 0 Å². The largest absolute Gasteiger partial charge is 0.330 e. The maximum Gasteiger partial charge on any atom is 0.00104 e. The monoisotopic (exact) mass is 130 g/mol. The highest BCUT2D eigenvalue weighted by Gasteiger charge is 1.92. The van der Waals surface area contributed by atoms with Crippen molar-refractivity contribution < 1.29 is 0 Å². The summed E-state index contributed by atoms with van der Waals surface area (Å²) in [7, 11) is 0. The fourth-order valence-electron chi connectivity index (χ4n) is 0.787. The summed E-state index contributed by atoms with van der Waals surface area (Å²) < 4.78 is 0. The molecule has 0 aliphatic rings. The Balaban J connectivity index is 2.75. The SMILES string of the molecule is C[C@H](N)CCCCCN. The Labute approximate surface area is 57.6 Å². The van der Waals surface area contributed by atoms with Gasteiger partial charge in [0, 0.05) is 6.04 Å². The van der Waals surface area contributed by atoms with Crippen LogP contribution < -0.4 is 11.5 Å². The first-order valence-corrected chi connectivity index (χ1v) is 3.73. The lowest BCUT2D eigenvalue weighted by Gasteiger charge is -2.02. The topological polar surface area (TPSA) is 52.0 Å². The van der Waals surface area contributed by atoms with Crippen LogP contribution in [0, 0.1) is 0 Å². The van der Waals surface area contributed by atoms with Gasteiger partial charge in [-0.1, -0.05) is 12.8 Å². The van der Waals surface area contributed by atoms with E-state index in [4.69, 9.17) is 11.5 Å². The molecule has 2 nitrogen and oxygen atoms in total. The highest BCUT2D eigenvalue weighted by atomic mass is 14.6. The summed E-state index contributed by atoms with van der Waals surface area (Å²) in [6.07, 6.45) is 4.75. The standard InChI is InChI=1S/C7H18N2/c1-7(9)5-3-2-4-6-8/h7H,2-6,8-9H2,1H3/t7-/m0/s1. The second-order valence-corrected chi connectivity index (χ2v) is 2.62. The molecule has 0 amide bonds. The number of rotatable bonds is 5. The molecule has 9 heavy (non-hydrogen) atoms. The Kier molecular flexibility index (Phi) is 5.99. The van der Waals surface area contributed by atoms with E-state index >= 15 is 0 Å². The molecule has 0 aromatic rings. The summed E-state index contributed by atoms with van der Waals surface area (Å²) in [5.41, 5.74) is 10.9. The molecule has 0 aliphatic heterocycles. The van der Waals surface area contributed by atoms with Crippen molar-refractivity contribution in [3.8, 4) is 0 Å². The van der Waals surface area contributed by atoms with E-state index < -0.39 is 0 Å². The van der Waals surface area contributed by atoms with E-state index in [1.54, 1.807) is 0 Å². The maximum atomic E-state index is 5.54. The van der Waals surface area contributed by atoms with Crippen LogP contribution in [-0.4, -0.2) is 12.6 Å². The van der Waals surface area contributed by atoms with Crippen LogP contribution in [0.4, 0.5) is 0 Å². The van der Waals surface area contributed by atoms with E-state index in [1.165, 1.54) is 12.8 Å². The molecule has 0 unspecified atom stereocenters. The lowest BCUT2D eigenvalue weighted by atomic mass is 10.1. The molecule has 0 aliphatic carbocycles. The lowest BCUT2D eigenvalue weighted by Crippen LogP contribution is -2.14. The molecule has 0 spiro atoms. The van der Waals surface area contributed by atoms with Gasteiger partial charge in [0.15, 0.2) is 0 Å². The summed E-state index contributed by atoms with van der Waals surface area (Å²) in [4.78, 5) is 0. The summed E-state index contributed by atoms with van der Waals surface area (Å²) in [5.74, 6) is 0. The zero-order chi connectivity index (χ0) is 7.11. The molecular weight excluding hydrogens is 112 g/mol. The third-order valence-electron chi connectivity index (χ3n) is 1.36. The molecule has 0 rings (SSSR count). The molecule has 0 radical (unpaired) electrons. The third-order valence-corrected chi connectivity index (χ3v) is 1.36. The molecule has 0 aromatic carbocycles. The zero-order valence-electron chi connectivity index (χ0n) is 6.27. The first-order valence-electron chi connectivity index (χ1n) is 3.73. The maximum absolute atomic E-state index is 5.54. The highest BCUT2D eigenvalue weighted by Crippen LogP contribution is 1.99. The van der Waals surface area contributed by atoms with E-state index in [2.05, 4.69) is 0 Å². The number of hydrogen-bond donors (Lipinski definition) is 2. The average molecular weight is 130 g/mol. The van der Waals surface area contributed by atoms with Crippen molar-refractivity contribution in [3.63, 3.8) is 0 Å². The molecule has 0 saturated heterocycles. The van der Waals surface area contributed by atoms with Gasteiger partial charge in [-0.3, -0.25) is 0 Å². The van der Waals surface area contributed by atoms with Crippen LogP contribution in [0.15, 0.2) is 0 Å². The Morgan fingerprint density at radius 1 is 1.22 bits per heavy atom. The van der Waals surface area contributed by atoms with Gasteiger partial charge in [0.25, 0.3) is 0 Å². The molecule has 56 valence electrons. The van der Waals surface area contributed by atoms with Crippen LogP contribution in [0.1, 0.15) is 32.6 Å². The minimum absolute atomic E-state index is 0.364. The number of unbranched alkanes of at least 4 members (excludes halogenated alkanes) is 2. The predicted molar refractivity (Wildman–Crippen MR) is 41.2 cm³/mol. The first kappa shape index (κ1) is 8.92. The molecule has 2 heteroatoms. The first-order chi connectivity index (χ1) is 4.27. The second-order valence-electron chi connectivity index (χ2n) is 2.62. The normalized spacial score (nSPS) is 13.7. The second kappa shape index (κ2) is 6.05. The minimum Gasteiger partial charge on any atom is -0.330 e. The Morgan fingerprint density at radius 3 is 2.33 bits per heavy atom. The van der Waals surface area contributed by atoms with Crippen molar-refractivity contribution in [2.75, 3.05) is 6.54 Å².